The first-order valence-electron chi connectivity index (χ1n) is 8.13. The molecule has 0 radical (unpaired) electrons. The minimum Gasteiger partial charge on any atom is -0.366 e. The highest BCUT2D eigenvalue weighted by molar-refractivity contribution is 9.10. The third kappa shape index (κ3) is 5.41. The lowest BCUT2D eigenvalue weighted by Crippen LogP contribution is -2.40. The number of carbonyl (C=O) groups excluding carboxylic acids is 2. The van der Waals surface area contributed by atoms with Crippen LogP contribution in [0.4, 0.5) is 5.69 Å². The third-order valence-corrected chi connectivity index (χ3v) is 4.49. The molecular weight excluding hydrogens is 382 g/mol. The van der Waals surface area contributed by atoms with Gasteiger partial charge in [0.2, 0.25) is 11.8 Å². The molecule has 0 aromatic heterocycles. The Balaban J connectivity index is 1.98. The number of anilines is 1. The van der Waals surface area contributed by atoms with Gasteiger partial charge in [0.15, 0.2) is 0 Å². The zero-order valence-corrected chi connectivity index (χ0v) is 15.8. The summed E-state index contributed by atoms with van der Waals surface area (Å²) >= 11 is 3.43. The molecule has 0 aliphatic heterocycles. The van der Waals surface area contributed by atoms with Crippen molar-refractivity contribution >= 4 is 33.4 Å². The highest BCUT2D eigenvalue weighted by atomic mass is 79.9. The van der Waals surface area contributed by atoms with E-state index in [-0.39, 0.29) is 18.0 Å². The average Bonchev–Trinajstić information content (AvgIpc) is 2.60. The Morgan fingerprint density at radius 3 is 2.20 bits per heavy atom. The predicted molar refractivity (Wildman–Crippen MR) is 103 cm³/mol. The highest BCUT2D eigenvalue weighted by Gasteiger charge is 2.18. The lowest BCUT2D eigenvalue weighted by molar-refractivity contribution is -0.118. The number of hydrogen-bond donors (Lipinski definition) is 3. The second-order valence-electron chi connectivity index (χ2n) is 5.83. The number of benzene rings is 2. The Hall–Kier alpha value is -2.18. The fourth-order valence-electron chi connectivity index (χ4n) is 2.49. The lowest BCUT2D eigenvalue weighted by Gasteiger charge is -2.22. The van der Waals surface area contributed by atoms with Crippen molar-refractivity contribution in [3.63, 3.8) is 0 Å². The molecule has 0 bridgehead atoms. The molecule has 2 aromatic carbocycles. The smallest absolute Gasteiger partial charge is 0.248 e. The van der Waals surface area contributed by atoms with Gasteiger partial charge in [-0.2, -0.15) is 0 Å². The first-order chi connectivity index (χ1) is 11.9. The van der Waals surface area contributed by atoms with Gasteiger partial charge in [0.05, 0.1) is 6.04 Å². The van der Waals surface area contributed by atoms with Crippen molar-refractivity contribution in [3.05, 3.63) is 64.1 Å². The van der Waals surface area contributed by atoms with E-state index < -0.39 is 5.91 Å². The van der Waals surface area contributed by atoms with Crippen molar-refractivity contribution in [3.8, 4) is 0 Å². The summed E-state index contributed by atoms with van der Waals surface area (Å²) < 4.78 is 1.02. The molecule has 2 amide bonds. The summed E-state index contributed by atoms with van der Waals surface area (Å²) in [4.78, 5) is 23.5. The maximum absolute atomic E-state index is 12.4. The normalized spacial score (nSPS) is 13.1. The first kappa shape index (κ1) is 19.1. The summed E-state index contributed by atoms with van der Waals surface area (Å²) in [6.07, 6.45) is 0.868. The van der Waals surface area contributed by atoms with Crippen molar-refractivity contribution in [1.82, 2.24) is 5.32 Å². The molecule has 4 N–H and O–H groups in total. The molecule has 2 atom stereocenters. The van der Waals surface area contributed by atoms with Crippen molar-refractivity contribution in [1.29, 1.82) is 0 Å². The van der Waals surface area contributed by atoms with Crippen LogP contribution in [0.3, 0.4) is 0 Å². The third-order valence-electron chi connectivity index (χ3n) is 3.96. The van der Waals surface area contributed by atoms with E-state index in [4.69, 9.17) is 5.73 Å². The topological polar surface area (TPSA) is 84.2 Å². The Bertz CT molecular complexity index is 729. The van der Waals surface area contributed by atoms with E-state index in [1.807, 2.05) is 31.2 Å². The molecule has 2 aromatic rings. The number of nitrogens with one attached hydrogen (secondary N) is 2. The minimum absolute atomic E-state index is 0.0890. The number of halogens is 1. The Labute approximate surface area is 156 Å². The minimum atomic E-state index is -0.492. The quantitative estimate of drug-likeness (QED) is 0.659. The number of amides is 2. The van der Waals surface area contributed by atoms with Gasteiger partial charge in [-0.15, -0.1) is 0 Å². The van der Waals surface area contributed by atoms with Gasteiger partial charge in [0.25, 0.3) is 0 Å². The highest BCUT2D eigenvalue weighted by Crippen LogP contribution is 2.20. The van der Waals surface area contributed by atoms with Gasteiger partial charge < -0.3 is 11.1 Å². The fraction of sp³-hybridized carbons (Fsp3) is 0.263. The van der Waals surface area contributed by atoms with E-state index >= 15 is 0 Å². The van der Waals surface area contributed by atoms with Gasteiger partial charge in [-0.1, -0.05) is 35.0 Å². The zero-order valence-electron chi connectivity index (χ0n) is 14.3. The maximum Gasteiger partial charge on any atom is 0.248 e. The van der Waals surface area contributed by atoms with Gasteiger partial charge in [0.1, 0.15) is 0 Å². The molecule has 5 nitrogen and oxygen atoms in total. The monoisotopic (exact) mass is 403 g/mol. The van der Waals surface area contributed by atoms with Gasteiger partial charge in [-0.3, -0.25) is 14.9 Å². The molecule has 0 spiro atoms. The Kier molecular flexibility index (Phi) is 6.73. The molecule has 0 aliphatic rings. The van der Waals surface area contributed by atoms with Crippen LogP contribution in [-0.4, -0.2) is 17.9 Å². The van der Waals surface area contributed by atoms with E-state index in [2.05, 4.69) is 33.5 Å². The molecule has 2 rings (SSSR count). The first-order valence-corrected chi connectivity index (χ1v) is 8.92. The summed E-state index contributed by atoms with van der Waals surface area (Å²) in [5.41, 5.74) is 7.38. The molecule has 132 valence electrons. The number of rotatable bonds is 7. The summed E-state index contributed by atoms with van der Waals surface area (Å²) in [6.45, 7) is 3.90. The van der Waals surface area contributed by atoms with E-state index in [1.165, 1.54) is 0 Å². The molecule has 0 heterocycles. The molecule has 0 saturated carbocycles. The van der Waals surface area contributed by atoms with Crippen LogP contribution in [0.25, 0.3) is 0 Å². The maximum atomic E-state index is 12.4. The van der Waals surface area contributed by atoms with Crippen LogP contribution in [0.5, 0.6) is 0 Å². The number of carbonyl (C=O) groups is 2. The standard InChI is InChI=1S/C19H22BrN3O2/c1-3-17(13-4-8-15(20)9-5-13)22-12(2)19(25)23-16-10-6-14(7-11-16)18(21)24/h4-12,17,22H,3H2,1-2H3,(H2,21,24)(H,23,25)/t12-,17-/m0/s1. The lowest BCUT2D eigenvalue weighted by atomic mass is 10.0. The molecule has 0 saturated heterocycles. The summed E-state index contributed by atoms with van der Waals surface area (Å²) in [7, 11) is 0. The van der Waals surface area contributed by atoms with E-state index in [0.717, 1.165) is 16.5 Å². The Morgan fingerprint density at radius 2 is 1.68 bits per heavy atom. The molecule has 6 heteroatoms. The van der Waals surface area contributed by atoms with Crippen LogP contribution in [0.15, 0.2) is 53.0 Å². The molecular formula is C19H22BrN3O2. The van der Waals surface area contributed by atoms with Crippen LogP contribution in [-0.2, 0) is 4.79 Å². The van der Waals surface area contributed by atoms with E-state index in [1.54, 1.807) is 24.3 Å². The van der Waals surface area contributed by atoms with E-state index in [9.17, 15) is 9.59 Å². The SMILES string of the molecule is CC[C@H](N[C@@H](C)C(=O)Nc1ccc(C(N)=O)cc1)c1ccc(Br)cc1. The van der Waals surface area contributed by atoms with E-state index in [0.29, 0.717) is 11.3 Å². The van der Waals surface area contributed by atoms with Gasteiger partial charge in [-0.25, -0.2) is 0 Å². The average molecular weight is 404 g/mol. The van der Waals surface area contributed by atoms with Crippen LogP contribution in [0, 0.1) is 0 Å². The van der Waals surface area contributed by atoms with Gasteiger partial charge in [0, 0.05) is 21.8 Å². The van der Waals surface area contributed by atoms with Gasteiger partial charge >= 0.3 is 0 Å². The molecule has 0 unspecified atom stereocenters. The number of primary amides is 1. The molecule has 0 aliphatic carbocycles. The predicted octanol–water partition coefficient (Wildman–Crippen LogP) is 3.62. The molecule has 25 heavy (non-hydrogen) atoms. The summed E-state index contributed by atoms with van der Waals surface area (Å²) in [5.74, 6) is -0.629. The number of nitrogens with two attached hydrogens (primary N) is 1. The van der Waals surface area contributed by atoms with Crippen LogP contribution < -0.4 is 16.4 Å². The summed E-state index contributed by atoms with van der Waals surface area (Å²) in [5, 5.41) is 6.19. The Morgan fingerprint density at radius 1 is 1.08 bits per heavy atom. The molecule has 0 fully saturated rings. The van der Waals surface area contributed by atoms with Crippen molar-refractivity contribution in [2.75, 3.05) is 5.32 Å². The second kappa shape index (κ2) is 8.78. The largest absolute Gasteiger partial charge is 0.366 e. The fourth-order valence-corrected chi connectivity index (χ4v) is 2.76. The van der Waals surface area contributed by atoms with Crippen molar-refractivity contribution in [2.24, 2.45) is 5.73 Å². The number of hydrogen-bond acceptors (Lipinski definition) is 3. The van der Waals surface area contributed by atoms with Crippen molar-refractivity contribution < 1.29 is 9.59 Å². The van der Waals surface area contributed by atoms with Crippen LogP contribution in [0.1, 0.15) is 42.2 Å². The zero-order chi connectivity index (χ0) is 18.4. The van der Waals surface area contributed by atoms with Gasteiger partial charge in [-0.05, 0) is 55.3 Å². The van der Waals surface area contributed by atoms with Crippen molar-refractivity contribution in [2.45, 2.75) is 32.4 Å². The van der Waals surface area contributed by atoms with Crippen LogP contribution >= 0.6 is 15.9 Å². The summed E-state index contributed by atoms with van der Waals surface area (Å²) in [6, 6.07) is 14.3. The van der Waals surface area contributed by atoms with Crippen LogP contribution in [0.2, 0.25) is 0 Å². The second-order valence-corrected chi connectivity index (χ2v) is 6.75.